The lowest BCUT2D eigenvalue weighted by atomic mass is 10.4. The maximum absolute atomic E-state index is 11.8. The molecule has 0 atom stereocenters. The molecular weight excluding hydrogens is 260 g/mol. The molecule has 8 heteroatoms. The summed E-state index contributed by atoms with van der Waals surface area (Å²) in [5, 5.41) is 8.54. The molecule has 0 aromatic heterocycles. The Hall–Kier alpha value is -0.860. The van der Waals surface area contributed by atoms with Crippen molar-refractivity contribution in [3.8, 4) is 0 Å². The number of nitrogens with zero attached hydrogens (tertiary/aromatic N) is 2. The summed E-state index contributed by atoms with van der Waals surface area (Å²) in [5.74, 6) is 0.141. The molecule has 1 amide bonds. The number of ether oxygens (including phenoxy) is 1. The third kappa shape index (κ3) is 4.11. The molecule has 18 heavy (non-hydrogen) atoms. The van der Waals surface area contributed by atoms with Gasteiger partial charge in [-0.25, -0.2) is 13.2 Å². The van der Waals surface area contributed by atoms with E-state index in [1.165, 1.54) is 9.21 Å². The number of aliphatic hydroxyl groups is 1. The Morgan fingerprint density at radius 3 is 2.39 bits per heavy atom. The van der Waals surface area contributed by atoms with Gasteiger partial charge in [0.25, 0.3) is 0 Å². The highest BCUT2D eigenvalue weighted by atomic mass is 32.2. The van der Waals surface area contributed by atoms with Gasteiger partial charge in [0.1, 0.15) is 6.61 Å². The molecule has 7 nitrogen and oxygen atoms in total. The first-order chi connectivity index (χ1) is 8.51. The summed E-state index contributed by atoms with van der Waals surface area (Å²) in [6.45, 7) is 2.83. The van der Waals surface area contributed by atoms with Crippen LogP contribution in [-0.4, -0.2) is 74.0 Å². The molecule has 0 aromatic carbocycles. The fraction of sp³-hybridized carbons (Fsp3) is 0.900. The van der Waals surface area contributed by atoms with Crippen molar-refractivity contribution in [3.63, 3.8) is 0 Å². The Labute approximate surface area is 107 Å². The van der Waals surface area contributed by atoms with Crippen LogP contribution in [0, 0.1) is 0 Å². The highest BCUT2D eigenvalue weighted by Gasteiger charge is 2.28. The zero-order chi connectivity index (χ0) is 13.6. The Morgan fingerprint density at radius 1 is 1.28 bits per heavy atom. The molecule has 0 spiro atoms. The van der Waals surface area contributed by atoms with Crippen LogP contribution in [0.1, 0.15) is 13.3 Å². The van der Waals surface area contributed by atoms with Crippen LogP contribution in [0.3, 0.4) is 0 Å². The summed E-state index contributed by atoms with van der Waals surface area (Å²) < 4.78 is 29.8. The maximum Gasteiger partial charge on any atom is 0.409 e. The second-order valence-corrected chi connectivity index (χ2v) is 6.13. The maximum atomic E-state index is 11.8. The van der Waals surface area contributed by atoms with Crippen molar-refractivity contribution in [1.29, 1.82) is 0 Å². The molecule has 0 aromatic rings. The van der Waals surface area contributed by atoms with E-state index in [-0.39, 0.29) is 19.0 Å². The molecule has 1 aliphatic rings. The lowest BCUT2D eigenvalue weighted by Gasteiger charge is -2.33. The van der Waals surface area contributed by atoms with Crippen LogP contribution in [-0.2, 0) is 14.8 Å². The first-order valence-electron chi connectivity index (χ1n) is 6.01. The van der Waals surface area contributed by atoms with E-state index < -0.39 is 16.1 Å². The van der Waals surface area contributed by atoms with E-state index >= 15 is 0 Å². The van der Waals surface area contributed by atoms with Crippen molar-refractivity contribution in [2.24, 2.45) is 0 Å². The Morgan fingerprint density at radius 2 is 1.89 bits per heavy atom. The minimum absolute atomic E-state index is 0.0345. The van der Waals surface area contributed by atoms with E-state index in [1.54, 1.807) is 0 Å². The molecule has 1 rings (SSSR count). The number of aliphatic hydroxyl groups excluding tert-OH is 1. The van der Waals surface area contributed by atoms with Crippen LogP contribution in [0.2, 0.25) is 0 Å². The first-order valence-corrected chi connectivity index (χ1v) is 7.62. The lowest BCUT2D eigenvalue weighted by molar-refractivity contribution is 0.0742. The van der Waals surface area contributed by atoms with E-state index in [0.717, 1.165) is 0 Å². The number of rotatable bonds is 5. The normalized spacial score (nSPS) is 17.8. The van der Waals surface area contributed by atoms with Gasteiger partial charge >= 0.3 is 6.09 Å². The van der Waals surface area contributed by atoms with Gasteiger partial charge in [0.15, 0.2) is 0 Å². The molecule has 0 aliphatic carbocycles. The first kappa shape index (κ1) is 15.2. The number of carbonyl (C=O) groups is 1. The Balaban J connectivity index is 2.43. The van der Waals surface area contributed by atoms with E-state index in [1.807, 2.05) is 6.92 Å². The predicted octanol–water partition coefficient (Wildman–Crippen LogP) is -0.527. The summed E-state index contributed by atoms with van der Waals surface area (Å²) in [7, 11) is -3.18. The van der Waals surface area contributed by atoms with Gasteiger partial charge in [-0.3, -0.25) is 0 Å². The lowest BCUT2D eigenvalue weighted by Crippen LogP contribution is -2.51. The fourth-order valence-electron chi connectivity index (χ4n) is 1.76. The van der Waals surface area contributed by atoms with E-state index in [2.05, 4.69) is 0 Å². The zero-order valence-corrected chi connectivity index (χ0v) is 11.4. The van der Waals surface area contributed by atoms with Crippen LogP contribution in [0.5, 0.6) is 0 Å². The number of piperazine rings is 1. The molecule has 0 unspecified atom stereocenters. The highest BCUT2D eigenvalue weighted by Crippen LogP contribution is 2.09. The average Bonchev–Trinajstić information content (AvgIpc) is 2.36. The van der Waals surface area contributed by atoms with Gasteiger partial charge in [-0.15, -0.1) is 0 Å². The average molecular weight is 280 g/mol. The van der Waals surface area contributed by atoms with Gasteiger partial charge in [-0.05, 0) is 6.42 Å². The summed E-state index contributed by atoms with van der Waals surface area (Å²) in [4.78, 5) is 12.9. The van der Waals surface area contributed by atoms with Crippen LogP contribution in [0.25, 0.3) is 0 Å². The number of sulfonamides is 1. The molecule has 1 N–H and O–H groups in total. The SMILES string of the molecule is CCCS(=O)(=O)N1CCN(C(=O)OCCO)CC1. The molecule has 0 bridgehead atoms. The van der Waals surface area contributed by atoms with Crippen molar-refractivity contribution in [3.05, 3.63) is 0 Å². The summed E-state index contributed by atoms with van der Waals surface area (Å²) >= 11 is 0. The minimum atomic E-state index is -3.18. The van der Waals surface area contributed by atoms with Crippen LogP contribution >= 0.6 is 0 Å². The standard InChI is InChI=1S/C10H20N2O5S/c1-2-9-18(15,16)12-5-3-11(4-6-12)10(14)17-8-7-13/h13H,2-9H2,1H3. The quantitative estimate of drug-likeness (QED) is 0.731. The van der Waals surface area contributed by atoms with Crippen molar-refractivity contribution in [1.82, 2.24) is 9.21 Å². The third-order valence-electron chi connectivity index (χ3n) is 2.67. The number of amides is 1. The van der Waals surface area contributed by atoms with Gasteiger partial charge < -0.3 is 14.7 Å². The van der Waals surface area contributed by atoms with Crippen molar-refractivity contribution in [2.75, 3.05) is 45.1 Å². The summed E-state index contributed by atoms with van der Waals surface area (Å²) in [6, 6.07) is 0. The number of carbonyl (C=O) groups excluding carboxylic acids is 1. The zero-order valence-electron chi connectivity index (χ0n) is 10.5. The monoisotopic (exact) mass is 280 g/mol. The van der Waals surface area contributed by atoms with Crippen molar-refractivity contribution >= 4 is 16.1 Å². The van der Waals surface area contributed by atoms with E-state index in [9.17, 15) is 13.2 Å². The van der Waals surface area contributed by atoms with Crippen molar-refractivity contribution < 1.29 is 23.1 Å². The van der Waals surface area contributed by atoms with Gasteiger partial charge in [0, 0.05) is 26.2 Å². The molecule has 0 saturated carbocycles. The molecule has 1 aliphatic heterocycles. The molecular formula is C10H20N2O5S. The smallest absolute Gasteiger partial charge is 0.409 e. The van der Waals surface area contributed by atoms with Gasteiger partial charge in [0.2, 0.25) is 10.0 Å². The number of hydrogen-bond donors (Lipinski definition) is 1. The molecule has 1 fully saturated rings. The van der Waals surface area contributed by atoms with Gasteiger partial charge in [-0.1, -0.05) is 6.92 Å². The second kappa shape index (κ2) is 6.91. The van der Waals surface area contributed by atoms with Crippen molar-refractivity contribution in [2.45, 2.75) is 13.3 Å². The molecule has 106 valence electrons. The molecule has 1 heterocycles. The molecule has 1 saturated heterocycles. The van der Waals surface area contributed by atoms with Crippen LogP contribution in [0.4, 0.5) is 4.79 Å². The Bertz CT molecular complexity index is 362. The van der Waals surface area contributed by atoms with Gasteiger partial charge in [-0.2, -0.15) is 4.31 Å². The summed E-state index contributed by atoms with van der Waals surface area (Å²) in [6.07, 6.45) is 0.0813. The highest BCUT2D eigenvalue weighted by molar-refractivity contribution is 7.89. The van der Waals surface area contributed by atoms with Crippen LogP contribution in [0.15, 0.2) is 0 Å². The van der Waals surface area contributed by atoms with E-state index in [0.29, 0.717) is 32.6 Å². The summed E-state index contributed by atoms with van der Waals surface area (Å²) in [5.41, 5.74) is 0. The number of hydrogen-bond acceptors (Lipinski definition) is 5. The second-order valence-electron chi connectivity index (χ2n) is 4.04. The predicted molar refractivity (Wildman–Crippen MR) is 65.7 cm³/mol. The van der Waals surface area contributed by atoms with Crippen LogP contribution < -0.4 is 0 Å². The third-order valence-corrected chi connectivity index (χ3v) is 4.75. The topological polar surface area (TPSA) is 87.2 Å². The van der Waals surface area contributed by atoms with E-state index in [4.69, 9.17) is 9.84 Å². The largest absolute Gasteiger partial charge is 0.447 e. The Kier molecular flexibility index (Phi) is 5.83. The fourth-order valence-corrected chi connectivity index (χ4v) is 3.25. The minimum Gasteiger partial charge on any atom is -0.447 e. The molecule has 0 radical (unpaired) electrons. The van der Waals surface area contributed by atoms with Gasteiger partial charge in [0.05, 0.1) is 12.4 Å².